The van der Waals surface area contributed by atoms with Crippen LogP contribution in [0.25, 0.3) is 11.1 Å². The van der Waals surface area contributed by atoms with Gasteiger partial charge in [-0.3, -0.25) is 0 Å². The first kappa shape index (κ1) is 18.8. The Kier molecular flexibility index (Phi) is 5.87. The van der Waals surface area contributed by atoms with E-state index in [1.54, 1.807) is 0 Å². The molecule has 26 heavy (non-hydrogen) atoms. The second kappa shape index (κ2) is 8.12. The van der Waals surface area contributed by atoms with Crippen molar-refractivity contribution < 1.29 is 23.0 Å². The van der Waals surface area contributed by atoms with Crippen LogP contribution in [0.3, 0.4) is 0 Å². The van der Waals surface area contributed by atoms with Gasteiger partial charge in [-0.1, -0.05) is 42.5 Å². The van der Waals surface area contributed by atoms with E-state index < -0.39 is 18.2 Å². The normalized spacial score (nSPS) is 20.6. The Morgan fingerprint density at radius 3 is 2.27 bits per heavy atom. The summed E-state index contributed by atoms with van der Waals surface area (Å²) in [5, 5.41) is 9.20. The van der Waals surface area contributed by atoms with Crippen molar-refractivity contribution >= 4 is 0 Å². The van der Waals surface area contributed by atoms with Crippen molar-refractivity contribution in [2.45, 2.75) is 38.0 Å². The Balaban J connectivity index is 1.34. The quantitative estimate of drug-likeness (QED) is 0.630. The average molecular weight is 364 g/mol. The minimum Gasteiger partial charge on any atom is -0.494 e. The molecule has 2 nitrogen and oxygen atoms in total. The molecule has 2 aromatic rings. The number of hydrogen-bond acceptors (Lipinski definition) is 2. The lowest BCUT2D eigenvalue weighted by Gasteiger charge is -2.14. The standard InChI is InChI=1S/C21H23F3O2/c22-21(23,24)20(25)19-14-17(19)8-4-5-13-26-18-11-9-16(10-12-18)15-6-2-1-3-7-15/h1-3,6-7,9-12,17,19-20,25H,4-5,8,13-14H2. The summed E-state index contributed by atoms with van der Waals surface area (Å²) in [6.45, 7) is 0.546. The van der Waals surface area contributed by atoms with Crippen LogP contribution in [-0.2, 0) is 0 Å². The molecule has 0 radical (unpaired) electrons. The first-order valence-electron chi connectivity index (χ1n) is 8.98. The number of unbranched alkanes of at least 4 members (excludes halogenated alkanes) is 1. The van der Waals surface area contributed by atoms with Gasteiger partial charge >= 0.3 is 6.18 Å². The maximum Gasteiger partial charge on any atom is 0.414 e. The maximum atomic E-state index is 12.4. The fourth-order valence-electron chi connectivity index (χ4n) is 3.31. The Bertz CT molecular complexity index is 683. The van der Waals surface area contributed by atoms with Crippen LogP contribution in [0.15, 0.2) is 54.6 Å². The molecule has 0 spiro atoms. The first-order valence-corrected chi connectivity index (χ1v) is 8.98. The molecule has 1 aliphatic rings. The molecule has 140 valence electrons. The van der Waals surface area contributed by atoms with Crippen molar-refractivity contribution in [3.05, 3.63) is 54.6 Å². The molecule has 0 heterocycles. The molecule has 1 fully saturated rings. The Hall–Kier alpha value is -2.01. The lowest BCUT2D eigenvalue weighted by Crippen LogP contribution is -2.31. The van der Waals surface area contributed by atoms with Gasteiger partial charge in [0.2, 0.25) is 0 Å². The summed E-state index contributed by atoms with van der Waals surface area (Å²) in [6.07, 6.45) is -3.85. The summed E-state index contributed by atoms with van der Waals surface area (Å²) in [4.78, 5) is 0. The van der Waals surface area contributed by atoms with E-state index in [-0.39, 0.29) is 5.92 Å². The van der Waals surface area contributed by atoms with Gasteiger partial charge in [-0.05, 0) is 60.8 Å². The molecular weight excluding hydrogens is 341 g/mol. The summed E-state index contributed by atoms with van der Waals surface area (Å²) < 4.78 is 42.9. The maximum absolute atomic E-state index is 12.4. The third kappa shape index (κ3) is 5.01. The fourth-order valence-corrected chi connectivity index (χ4v) is 3.31. The van der Waals surface area contributed by atoms with E-state index in [4.69, 9.17) is 4.74 Å². The zero-order chi connectivity index (χ0) is 18.6. The van der Waals surface area contributed by atoms with Gasteiger partial charge in [0.15, 0.2) is 6.10 Å². The monoisotopic (exact) mass is 364 g/mol. The second-order valence-corrected chi connectivity index (χ2v) is 6.88. The van der Waals surface area contributed by atoms with E-state index in [0.29, 0.717) is 19.4 Å². The van der Waals surface area contributed by atoms with Gasteiger partial charge in [-0.15, -0.1) is 0 Å². The molecule has 0 aliphatic heterocycles. The SMILES string of the molecule is OC(C1CC1CCCCOc1ccc(-c2ccccc2)cc1)C(F)(F)F. The van der Waals surface area contributed by atoms with E-state index in [2.05, 4.69) is 12.1 Å². The van der Waals surface area contributed by atoms with E-state index >= 15 is 0 Å². The number of alkyl halides is 3. The van der Waals surface area contributed by atoms with Gasteiger partial charge in [-0.25, -0.2) is 0 Å². The molecular formula is C21H23F3O2. The molecule has 3 unspecified atom stereocenters. The van der Waals surface area contributed by atoms with E-state index in [1.807, 2.05) is 42.5 Å². The van der Waals surface area contributed by atoms with Crippen LogP contribution in [-0.4, -0.2) is 24.0 Å². The lowest BCUT2D eigenvalue weighted by atomic mass is 10.1. The molecule has 1 aliphatic carbocycles. The van der Waals surface area contributed by atoms with E-state index in [9.17, 15) is 18.3 Å². The number of aliphatic hydroxyl groups is 1. The molecule has 2 aromatic carbocycles. The van der Waals surface area contributed by atoms with Gasteiger partial charge in [0.25, 0.3) is 0 Å². The molecule has 0 bridgehead atoms. The summed E-state index contributed by atoms with van der Waals surface area (Å²) in [5.41, 5.74) is 2.28. The zero-order valence-corrected chi connectivity index (χ0v) is 14.5. The number of halogens is 3. The van der Waals surface area contributed by atoms with Crippen molar-refractivity contribution in [3.63, 3.8) is 0 Å². The largest absolute Gasteiger partial charge is 0.494 e. The highest BCUT2D eigenvalue weighted by molar-refractivity contribution is 5.63. The molecule has 5 heteroatoms. The smallest absolute Gasteiger partial charge is 0.414 e. The topological polar surface area (TPSA) is 29.5 Å². The van der Waals surface area contributed by atoms with Crippen LogP contribution in [0, 0.1) is 11.8 Å². The highest BCUT2D eigenvalue weighted by Crippen LogP contribution is 2.48. The molecule has 0 amide bonds. The van der Waals surface area contributed by atoms with Gasteiger partial charge in [-0.2, -0.15) is 13.2 Å². The molecule has 3 atom stereocenters. The zero-order valence-electron chi connectivity index (χ0n) is 14.5. The minimum absolute atomic E-state index is 0.00298. The lowest BCUT2D eigenvalue weighted by molar-refractivity contribution is -0.211. The van der Waals surface area contributed by atoms with E-state index in [1.165, 1.54) is 0 Å². The van der Waals surface area contributed by atoms with Crippen molar-refractivity contribution in [1.82, 2.24) is 0 Å². The predicted octanol–water partition coefficient (Wildman–Crippen LogP) is 5.46. The van der Waals surface area contributed by atoms with E-state index in [0.717, 1.165) is 29.7 Å². The summed E-state index contributed by atoms with van der Waals surface area (Å²) in [5.74, 6) is 0.180. The number of benzene rings is 2. The van der Waals surface area contributed by atoms with Crippen LogP contribution >= 0.6 is 0 Å². The van der Waals surface area contributed by atoms with Crippen LogP contribution in [0.2, 0.25) is 0 Å². The third-order valence-corrected chi connectivity index (χ3v) is 4.92. The Labute approximate surface area is 151 Å². The molecule has 0 saturated heterocycles. The van der Waals surface area contributed by atoms with Crippen LogP contribution in [0.4, 0.5) is 13.2 Å². The minimum atomic E-state index is -4.49. The Morgan fingerprint density at radius 1 is 0.962 bits per heavy atom. The number of ether oxygens (including phenoxy) is 1. The summed E-state index contributed by atoms with van der Waals surface area (Å²) in [6, 6.07) is 18.0. The van der Waals surface area contributed by atoms with Crippen LogP contribution in [0.1, 0.15) is 25.7 Å². The van der Waals surface area contributed by atoms with Crippen LogP contribution < -0.4 is 4.74 Å². The highest BCUT2D eigenvalue weighted by Gasteiger charge is 2.53. The van der Waals surface area contributed by atoms with Gasteiger partial charge in [0, 0.05) is 0 Å². The molecule has 1 saturated carbocycles. The van der Waals surface area contributed by atoms with Crippen molar-refractivity contribution in [1.29, 1.82) is 0 Å². The number of aliphatic hydroxyl groups excluding tert-OH is 1. The predicted molar refractivity (Wildman–Crippen MR) is 94.9 cm³/mol. The Morgan fingerprint density at radius 2 is 1.62 bits per heavy atom. The number of rotatable bonds is 8. The molecule has 1 N–H and O–H groups in total. The second-order valence-electron chi connectivity index (χ2n) is 6.88. The first-order chi connectivity index (χ1) is 12.4. The fraction of sp³-hybridized carbons (Fsp3) is 0.429. The highest BCUT2D eigenvalue weighted by atomic mass is 19.4. The third-order valence-electron chi connectivity index (χ3n) is 4.92. The molecule has 0 aromatic heterocycles. The average Bonchev–Trinajstić information content (AvgIpc) is 3.40. The summed E-state index contributed by atoms with van der Waals surface area (Å²) in [7, 11) is 0. The number of hydrogen-bond donors (Lipinski definition) is 1. The van der Waals surface area contributed by atoms with Gasteiger partial charge in [0.1, 0.15) is 5.75 Å². The molecule has 3 rings (SSSR count). The van der Waals surface area contributed by atoms with Gasteiger partial charge in [0.05, 0.1) is 6.61 Å². The van der Waals surface area contributed by atoms with Crippen LogP contribution in [0.5, 0.6) is 5.75 Å². The van der Waals surface area contributed by atoms with Gasteiger partial charge < -0.3 is 9.84 Å². The summed E-state index contributed by atoms with van der Waals surface area (Å²) >= 11 is 0. The van der Waals surface area contributed by atoms with Crippen molar-refractivity contribution in [3.8, 4) is 16.9 Å². The van der Waals surface area contributed by atoms with Crippen molar-refractivity contribution in [2.24, 2.45) is 11.8 Å². The van der Waals surface area contributed by atoms with Crippen molar-refractivity contribution in [2.75, 3.05) is 6.61 Å².